The van der Waals surface area contributed by atoms with Gasteiger partial charge >= 0.3 is 0 Å². The molecule has 5 heteroatoms. The molecule has 0 fully saturated rings. The van der Waals surface area contributed by atoms with Crippen molar-refractivity contribution in [2.45, 2.75) is 17.1 Å². The van der Waals surface area contributed by atoms with E-state index in [0.717, 1.165) is 25.7 Å². The molecule has 90 valence electrons. The second kappa shape index (κ2) is 4.74. The van der Waals surface area contributed by atoms with Gasteiger partial charge in [-0.15, -0.1) is 0 Å². The number of H-pyrrole nitrogens is 1. The first-order valence-corrected chi connectivity index (χ1v) is 7.09. The molecule has 0 radical (unpaired) electrons. The smallest absolute Gasteiger partial charge is 0.172 e. The fourth-order valence-corrected chi connectivity index (χ4v) is 2.99. The monoisotopic (exact) mass is 319 g/mol. The molecule has 0 atom stereocenters. The minimum Gasteiger partial charge on any atom is -0.333 e. The van der Waals surface area contributed by atoms with Gasteiger partial charge in [-0.3, -0.25) is 0 Å². The van der Waals surface area contributed by atoms with Gasteiger partial charge in [0.05, 0.1) is 15.5 Å². The number of aryl methyl sites for hydroxylation is 1. The largest absolute Gasteiger partial charge is 0.333 e. The normalized spacial score (nSPS) is 11.0. The minimum absolute atomic E-state index is 0.856. The fraction of sp³-hybridized carbons (Fsp3) is 0.0769. The standard InChI is InChI=1S/C13H10BrN3S/c1-8-6-7-15-12(11(8)14)18-13-16-9-4-2-3-5-10(9)17-13/h2-7H,1H3,(H,16,17). The zero-order chi connectivity index (χ0) is 12.5. The molecule has 0 bridgehead atoms. The van der Waals surface area contributed by atoms with Crippen LogP contribution in [0.5, 0.6) is 0 Å². The highest BCUT2D eigenvalue weighted by Gasteiger charge is 2.09. The van der Waals surface area contributed by atoms with E-state index in [2.05, 4.69) is 37.8 Å². The van der Waals surface area contributed by atoms with Crippen molar-refractivity contribution < 1.29 is 0 Å². The van der Waals surface area contributed by atoms with E-state index in [1.54, 1.807) is 0 Å². The highest BCUT2D eigenvalue weighted by Crippen LogP contribution is 2.32. The molecule has 0 saturated heterocycles. The van der Waals surface area contributed by atoms with Crippen LogP contribution in [0.3, 0.4) is 0 Å². The fourth-order valence-electron chi connectivity index (χ4n) is 1.66. The maximum atomic E-state index is 4.53. The predicted octanol–water partition coefficient (Wildman–Crippen LogP) is 4.18. The molecule has 3 aromatic rings. The highest BCUT2D eigenvalue weighted by atomic mass is 79.9. The van der Waals surface area contributed by atoms with Gasteiger partial charge < -0.3 is 4.98 Å². The van der Waals surface area contributed by atoms with Crippen LogP contribution in [0.2, 0.25) is 0 Å². The Bertz CT molecular complexity index is 675. The molecule has 1 N–H and O–H groups in total. The SMILES string of the molecule is Cc1ccnc(Sc2nc3ccccc3[nH]2)c1Br. The molecule has 3 rings (SSSR count). The number of para-hydroxylation sites is 2. The lowest BCUT2D eigenvalue weighted by Gasteiger charge is -2.02. The molecule has 0 saturated carbocycles. The number of nitrogens with one attached hydrogen (secondary N) is 1. The molecule has 0 spiro atoms. The summed E-state index contributed by atoms with van der Waals surface area (Å²) in [5, 5.41) is 1.78. The summed E-state index contributed by atoms with van der Waals surface area (Å²) in [5.41, 5.74) is 3.19. The molecule has 0 aliphatic carbocycles. The van der Waals surface area contributed by atoms with Gasteiger partial charge in [0.1, 0.15) is 5.03 Å². The second-order valence-electron chi connectivity index (χ2n) is 3.91. The van der Waals surface area contributed by atoms with Gasteiger partial charge in [0.2, 0.25) is 0 Å². The maximum Gasteiger partial charge on any atom is 0.172 e. The van der Waals surface area contributed by atoms with Gasteiger partial charge in [0, 0.05) is 6.20 Å². The van der Waals surface area contributed by atoms with Crippen LogP contribution in [0.1, 0.15) is 5.56 Å². The number of halogens is 1. The Morgan fingerprint density at radius 2 is 2.06 bits per heavy atom. The molecule has 0 unspecified atom stereocenters. The topological polar surface area (TPSA) is 41.6 Å². The Morgan fingerprint density at radius 3 is 2.89 bits per heavy atom. The first-order valence-electron chi connectivity index (χ1n) is 5.48. The Balaban J connectivity index is 1.99. The van der Waals surface area contributed by atoms with Crippen molar-refractivity contribution in [1.29, 1.82) is 0 Å². The Labute approximate surface area is 117 Å². The van der Waals surface area contributed by atoms with Crippen molar-refractivity contribution >= 4 is 38.7 Å². The van der Waals surface area contributed by atoms with Crippen LogP contribution in [-0.2, 0) is 0 Å². The molecule has 0 amide bonds. The number of aromatic amines is 1. The van der Waals surface area contributed by atoms with Crippen molar-refractivity contribution in [2.24, 2.45) is 0 Å². The number of benzene rings is 1. The van der Waals surface area contributed by atoms with E-state index < -0.39 is 0 Å². The summed E-state index contributed by atoms with van der Waals surface area (Å²) in [5.74, 6) is 0. The summed E-state index contributed by atoms with van der Waals surface area (Å²) in [6.07, 6.45) is 1.81. The van der Waals surface area contributed by atoms with E-state index in [1.807, 2.05) is 36.5 Å². The summed E-state index contributed by atoms with van der Waals surface area (Å²) in [4.78, 5) is 12.2. The van der Waals surface area contributed by atoms with E-state index in [-0.39, 0.29) is 0 Å². The third-order valence-electron chi connectivity index (χ3n) is 2.61. The number of imidazole rings is 1. The minimum atomic E-state index is 0.856. The van der Waals surface area contributed by atoms with Crippen molar-refractivity contribution in [3.05, 3.63) is 46.6 Å². The first kappa shape index (κ1) is 11.7. The Kier molecular flexibility index (Phi) is 3.09. The van der Waals surface area contributed by atoms with Crippen LogP contribution in [0.25, 0.3) is 11.0 Å². The van der Waals surface area contributed by atoms with E-state index in [1.165, 1.54) is 17.3 Å². The lowest BCUT2D eigenvalue weighted by molar-refractivity contribution is 1.04. The predicted molar refractivity (Wildman–Crippen MR) is 76.9 cm³/mol. The van der Waals surface area contributed by atoms with E-state index in [0.29, 0.717) is 0 Å². The third-order valence-corrected chi connectivity index (χ3v) is 4.76. The number of hydrogen-bond donors (Lipinski definition) is 1. The summed E-state index contributed by atoms with van der Waals surface area (Å²) >= 11 is 5.09. The quantitative estimate of drug-likeness (QED) is 0.770. The van der Waals surface area contributed by atoms with Crippen LogP contribution < -0.4 is 0 Å². The van der Waals surface area contributed by atoms with Gasteiger partial charge in [-0.05, 0) is 58.4 Å². The van der Waals surface area contributed by atoms with E-state index >= 15 is 0 Å². The van der Waals surface area contributed by atoms with Crippen LogP contribution in [0, 0.1) is 6.92 Å². The van der Waals surface area contributed by atoms with Gasteiger partial charge in [0.25, 0.3) is 0 Å². The van der Waals surface area contributed by atoms with Crippen molar-refractivity contribution in [2.75, 3.05) is 0 Å². The number of hydrogen-bond acceptors (Lipinski definition) is 3. The molecule has 3 nitrogen and oxygen atoms in total. The molecule has 2 heterocycles. The number of pyridine rings is 1. The molecule has 1 aromatic carbocycles. The Hall–Kier alpha value is -1.33. The zero-order valence-electron chi connectivity index (χ0n) is 9.64. The van der Waals surface area contributed by atoms with Crippen LogP contribution in [-0.4, -0.2) is 15.0 Å². The molecule has 0 aliphatic heterocycles. The lowest BCUT2D eigenvalue weighted by Crippen LogP contribution is -1.85. The lowest BCUT2D eigenvalue weighted by atomic mass is 10.3. The van der Waals surface area contributed by atoms with Gasteiger partial charge in [0.15, 0.2) is 5.16 Å². The van der Waals surface area contributed by atoms with Gasteiger partial charge in [-0.2, -0.15) is 0 Å². The zero-order valence-corrected chi connectivity index (χ0v) is 12.0. The third kappa shape index (κ3) is 2.15. The number of rotatable bonds is 2. The first-order chi connectivity index (χ1) is 8.74. The summed E-state index contributed by atoms with van der Waals surface area (Å²) in [6.45, 7) is 2.05. The number of nitrogens with zero attached hydrogens (tertiary/aromatic N) is 2. The molecular weight excluding hydrogens is 310 g/mol. The highest BCUT2D eigenvalue weighted by molar-refractivity contribution is 9.10. The van der Waals surface area contributed by atoms with Crippen LogP contribution in [0.15, 0.2) is 51.2 Å². The van der Waals surface area contributed by atoms with Crippen LogP contribution in [0.4, 0.5) is 0 Å². The molecular formula is C13H10BrN3S. The number of fused-ring (bicyclic) bond motifs is 1. The average Bonchev–Trinajstić information content (AvgIpc) is 2.77. The number of aromatic nitrogens is 3. The average molecular weight is 320 g/mol. The summed E-state index contributed by atoms with van der Waals surface area (Å²) in [6, 6.07) is 9.97. The van der Waals surface area contributed by atoms with Crippen molar-refractivity contribution in [3.63, 3.8) is 0 Å². The van der Waals surface area contributed by atoms with Gasteiger partial charge in [-0.1, -0.05) is 12.1 Å². The van der Waals surface area contributed by atoms with Crippen molar-refractivity contribution in [1.82, 2.24) is 15.0 Å². The molecule has 18 heavy (non-hydrogen) atoms. The maximum absolute atomic E-state index is 4.53. The van der Waals surface area contributed by atoms with E-state index in [9.17, 15) is 0 Å². The van der Waals surface area contributed by atoms with E-state index in [4.69, 9.17) is 0 Å². The van der Waals surface area contributed by atoms with Crippen molar-refractivity contribution in [3.8, 4) is 0 Å². The van der Waals surface area contributed by atoms with Crippen LogP contribution >= 0.6 is 27.7 Å². The summed E-state index contributed by atoms with van der Waals surface area (Å²) < 4.78 is 1.02. The molecule has 0 aliphatic rings. The molecule has 2 aromatic heterocycles. The Morgan fingerprint density at radius 1 is 1.22 bits per heavy atom. The summed E-state index contributed by atoms with van der Waals surface area (Å²) in [7, 11) is 0. The second-order valence-corrected chi connectivity index (χ2v) is 5.68. The van der Waals surface area contributed by atoms with Gasteiger partial charge in [-0.25, -0.2) is 9.97 Å².